The fourth-order valence-corrected chi connectivity index (χ4v) is 23.4. The molecule has 5 aliphatic rings. The molecule has 1 saturated heterocycles. The van der Waals surface area contributed by atoms with E-state index in [4.69, 9.17) is 32.5 Å². The van der Waals surface area contributed by atoms with Crippen molar-refractivity contribution in [3.8, 4) is 0 Å². The van der Waals surface area contributed by atoms with E-state index in [1.807, 2.05) is 24.3 Å². The number of Topliss-reactive ketones (excluding diaryl/α,β-unsaturated/α-hetero) is 1. The third-order valence-corrected chi connectivity index (χ3v) is 30.3. The largest absolute Gasteiger partial charge is 0.456 e. The van der Waals surface area contributed by atoms with Crippen LogP contribution in [-0.2, 0) is 58.1 Å². The molecule has 4 bridgehead atoms. The Hall–Kier alpha value is -5.57. The van der Waals surface area contributed by atoms with Gasteiger partial charge in [0, 0.05) is 36.8 Å². The SMILES string of the molecule is CC[Si](CC)(CC)OC1CC2OCC23OC(=O)C=CCc2ccccc2C(NC(=O)c2ccccc2)C(O[Si](C(C)C)(C(C)C)C(C)C)C(=O)OC2CC4(O)C(OC(=O)c5ccccc5)C3C1(C)C(=O)C(OC(C)=O)C(=C2C)C4(C)C. The Bertz CT molecular complexity index is 2890. The minimum Gasteiger partial charge on any atom is -0.456 e. The summed E-state index contributed by atoms with van der Waals surface area (Å²) in [6.45, 7) is 26.5. The van der Waals surface area contributed by atoms with Gasteiger partial charge in [-0.1, -0.05) is 143 Å². The molecule has 2 heterocycles. The maximum atomic E-state index is 16.8. The molecule has 8 rings (SSSR count). The highest BCUT2D eigenvalue weighted by molar-refractivity contribution is 6.77. The number of hydrogen-bond acceptors (Lipinski definition) is 14. The lowest BCUT2D eigenvalue weighted by atomic mass is 9.44. The number of carbonyl (C=O) groups is 6. The normalized spacial score (nSPS) is 30.3. The number of allylic oxidation sites excluding steroid dienone is 1. The lowest BCUT2D eigenvalue weighted by Crippen LogP contribution is -2.82. The van der Waals surface area contributed by atoms with Crippen LogP contribution in [0.5, 0.6) is 0 Å². The highest BCUT2D eigenvalue weighted by atomic mass is 28.4. The van der Waals surface area contributed by atoms with E-state index < -0.39 is 129 Å². The van der Waals surface area contributed by atoms with Gasteiger partial charge in [-0.15, -0.1) is 0 Å². The highest BCUT2D eigenvalue weighted by Crippen LogP contribution is 2.65. The number of hydrogen-bond donors (Lipinski definition) is 2. The van der Waals surface area contributed by atoms with Crippen LogP contribution in [0, 0.1) is 16.7 Å². The number of nitrogens with one attached hydrogen (secondary N) is 1. The van der Waals surface area contributed by atoms with E-state index in [-0.39, 0.29) is 47.2 Å². The van der Waals surface area contributed by atoms with Crippen LogP contribution < -0.4 is 5.32 Å². The van der Waals surface area contributed by atoms with E-state index >= 15 is 14.4 Å². The van der Waals surface area contributed by atoms with Crippen LogP contribution in [0.2, 0.25) is 34.8 Å². The zero-order valence-electron chi connectivity index (χ0n) is 49.8. The van der Waals surface area contributed by atoms with Crippen LogP contribution in [-0.4, -0.2) is 112 Å². The summed E-state index contributed by atoms with van der Waals surface area (Å²) in [5, 5.41) is 17.9. The first kappa shape index (κ1) is 61.5. The number of carbonyl (C=O) groups excluding carboxylic acids is 6. The third kappa shape index (κ3) is 10.7. The third-order valence-electron chi connectivity index (χ3n) is 19.6. The van der Waals surface area contributed by atoms with E-state index in [2.05, 4.69) is 67.6 Å². The van der Waals surface area contributed by atoms with Crippen molar-refractivity contribution in [2.24, 2.45) is 16.7 Å². The van der Waals surface area contributed by atoms with Crippen LogP contribution in [0.1, 0.15) is 148 Å². The maximum Gasteiger partial charge on any atom is 0.338 e. The quantitative estimate of drug-likeness (QED) is 0.0630. The van der Waals surface area contributed by atoms with E-state index in [0.717, 1.165) is 0 Å². The number of ether oxygens (including phenoxy) is 5. The number of benzene rings is 3. The summed E-state index contributed by atoms with van der Waals surface area (Å²) < 4.78 is 48.5. The van der Waals surface area contributed by atoms with Crippen molar-refractivity contribution in [3.05, 3.63) is 130 Å². The van der Waals surface area contributed by atoms with Crippen LogP contribution in [0.3, 0.4) is 0 Å². The topological polar surface area (TPSA) is 199 Å². The number of ketones is 1. The number of amides is 1. The summed E-state index contributed by atoms with van der Waals surface area (Å²) >= 11 is 0. The summed E-state index contributed by atoms with van der Waals surface area (Å²) in [7, 11) is -5.82. The van der Waals surface area contributed by atoms with Crippen LogP contribution in [0.15, 0.2) is 108 Å². The Morgan fingerprint density at radius 3 is 1.93 bits per heavy atom. The first-order chi connectivity index (χ1) is 38.2. The molecular formula is C64H85NO14Si2. The molecule has 3 aromatic rings. The van der Waals surface area contributed by atoms with E-state index in [1.54, 1.807) is 94.4 Å². The standard InChI is InChI=1S/C64H85NO14Si2/c1-15-80(16-2,17-3)78-48-35-49-63(37-73-49)55-57(76-59(70)45-30-22-19-23-31-45)64(72)36-47(41(10)51(61(64,12)13)53(74-42(11)66)56(68)62(48,55)14)75-60(71)54(79-81(38(4)5,39(6)7)40(8)9)52(65-58(69)44-28-20-18-21-29-44)46-33-25-24-27-43(46)32-26-34-50(67)77-63/h18-31,33-34,38-40,47-49,52-55,57,72H,15-17,32,35-37H2,1-14H3,(H,65,69). The number of esters is 4. The second-order valence-electron chi connectivity index (χ2n) is 24.8. The minimum atomic E-state index is -3.13. The monoisotopic (exact) mass is 1150 g/mol. The predicted molar refractivity (Wildman–Crippen MR) is 311 cm³/mol. The molecule has 3 aliphatic carbocycles. The van der Waals surface area contributed by atoms with Gasteiger partial charge in [-0.2, -0.15) is 0 Å². The summed E-state index contributed by atoms with van der Waals surface area (Å²) in [6, 6.07) is 25.1. The first-order valence-corrected chi connectivity index (χ1v) is 33.8. The van der Waals surface area contributed by atoms with Gasteiger partial charge in [0.25, 0.3) is 5.91 Å². The molecule has 0 aromatic heterocycles. The molecular weight excluding hydrogens is 1060 g/mol. The molecule has 11 atom stereocenters. The summed E-state index contributed by atoms with van der Waals surface area (Å²) in [4.78, 5) is 91.7. The number of fused-ring (bicyclic) bond motifs is 3. The van der Waals surface area contributed by atoms with Crippen molar-refractivity contribution >= 4 is 52.2 Å². The first-order valence-electron chi connectivity index (χ1n) is 29.1. The summed E-state index contributed by atoms with van der Waals surface area (Å²) in [5.41, 5.74) is -5.69. The van der Waals surface area contributed by atoms with Gasteiger partial charge in [0.15, 0.2) is 31.9 Å². The fourth-order valence-electron chi connectivity index (χ4n) is 14.9. The molecule has 438 valence electrons. The second-order valence-corrected chi connectivity index (χ2v) is 35.0. The molecule has 17 heteroatoms. The average molecular weight is 1150 g/mol. The lowest BCUT2D eigenvalue weighted by Gasteiger charge is -2.68. The van der Waals surface area contributed by atoms with Gasteiger partial charge in [0.2, 0.25) is 8.32 Å². The van der Waals surface area contributed by atoms with Gasteiger partial charge < -0.3 is 43.0 Å². The van der Waals surface area contributed by atoms with Gasteiger partial charge in [-0.05, 0) is 102 Å². The molecule has 2 aliphatic heterocycles. The Morgan fingerprint density at radius 2 is 1.37 bits per heavy atom. The molecule has 1 spiro atoms. The summed E-state index contributed by atoms with van der Waals surface area (Å²) in [5.74, 6) is -5.90. The minimum absolute atomic E-state index is 0.0599. The van der Waals surface area contributed by atoms with Gasteiger partial charge in [-0.3, -0.25) is 14.4 Å². The average Bonchev–Trinajstić information content (AvgIpc) is 0.893. The summed E-state index contributed by atoms with van der Waals surface area (Å²) in [6.07, 6.45) is -5.69. The highest BCUT2D eigenvalue weighted by Gasteiger charge is 2.79. The van der Waals surface area contributed by atoms with Crippen molar-refractivity contribution in [2.75, 3.05) is 6.61 Å². The van der Waals surface area contributed by atoms with Gasteiger partial charge in [0.05, 0.1) is 35.6 Å². The Labute approximate surface area is 480 Å². The predicted octanol–water partition coefficient (Wildman–Crippen LogP) is 11.1. The zero-order valence-corrected chi connectivity index (χ0v) is 51.8. The Kier molecular flexibility index (Phi) is 17.9. The number of rotatable bonds is 15. The maximum absolute atomic E-state index is 16.8. The molecule has 1 amide bonds. The lowest BCUT2D eigenvalue weighted by molar-refractivity contribution is -0.344. The van der Waals surface area contributed by atoms with Gasteiger partial charge >= 0.3 is 23.9 Å². The molecule has 2 N–H and O–H groups in total. The molecule has 81 heavy (non-hydrogen) atoms. The van der Waals surface area contributed by atoms with Crippen molar-refractivity contribution in [1.82, 2.24) is 5.32 Å². The van der Waals surface area contributed by atoms with Crippen LogP contribution >= 0.6 is 0 Å². The molecule has 0 radical (unpaired) electrons. The van der Waals surface area contributed by atoms with E-state index in [9.17, 15) is 19.5 Å². The molecule has 3 fully saturated rings. The van der Waals surface area contributed by atoms with Gasteiger partial charge in [-0.25, -0.2) is 14.4 Å². The van der Waals surface area contributed by atoms with Crippen molar-refractivity contribution in [2.45, 2.75) is 205 Å². The zero-order chi connectivity index (χ0) is 59.2. The Balaban J connectivity index is 1.47. The molecule has 3 aromatic carbocycles. The molecule has 11 unspecified atom stereocenters. The smallest absolute Gasteiger partial charge is 0.338 e. The molecule has 15 nitrogen and oxygen atoms in total. The van der Waals surface area contributed by atoms with Crippen molar-refractivity contribution in [1.29, 1.82) is 0 Å². The Morgan fingerprint density at radius 1 is 0.790 bits per heavy atom. The second kappa shape index (κ2) is 23.6. The number of aliphatic hydroxyl groups is 1. The van der Waals surface area contributed by atoms with Crippen LogP contribution in [0.25, 0.3) is 0 Å². The van der Waals surface area contributed by atoms with E-state index in [1.165, 1.54) is 13.0 Å². The van der Waals surface area contributed by atoms with E-state index in [0.29, 0.717) is 40.4 Å². The molecule has 2 saturated carbocycles. The fraction of sp³-hybridized carbons (Fsp3) is 0.562. The van der Waals surface area contributed by atoms with Crippen LogP contribution in [0.4, 0.5) is 0 Å². The van der Waals surface area contributed by atoms with Gasteiger partial charge in [0.1, 0.15) is 23.9 Å². The van der Waals surface area contributed by atoms with Crippen molar-refractivity contribution in [3.63, 3.8) is 0 Å². The van der Waals surface area contributed by atoms with Crippen molar-refractivity contribution < 1.29 is 66.4 Å².